The molecular formula is C37H72N2O2. The minimum absolute atomic E-state index is 0.179. The van der Waals surface area contributed by atoms with Crippen LogP contribution in [-0.2, 0) is 16.9 Å². The van der Waals surface area contributed by atoms with E-state index in [0.29, 0.717) is 11.8 Å². The van der Waals surface area contributed by atoms with Crippen LogP contribution in [0.4, 0.5) is 0 Å². The fourth-order valence-corrected chi connectivity index (χ4v) is 6.06. The first-order chi connectivity index (χ1) is 19.5. The highest BCUT2D eigenvalue weighted by Gasteiger charge is 2.31. The van der Waals surface area contributed by atoms with Gasteiger partial charge in [0.1, 0.15) is 17.9 Å². The topological polar surface area (TPSA) is 48.9 Å². The van der Waals surface area contributed by atoms with Gasteiger partial charge in [-0.05, 0) is 57.3 Å². The molecule has 1 aromatic heterocycles. The van der Waals surface area contributed by atoms with Gasteiger partial charge in [0.2, 0.25) is 6.33 Å². The largest absolute Gasteiger partial charge is 0.550 e. The summed E-state index contributed by atoms with van der Waals surface area (Å²) in [5, 5.41) is 10.3. The zero-order valence-electron chi connectivity index (χ0n) is 29.1. The molecule has 1 unspecified atom stereocenters. The summed E-state index contributed by atoms with van der Waals surface area (Å²) in [5.41, 5.74) is 0.532. The quantitative estimate of drug-likeness (QED) is 0.0908. The van der Waals surface area contributed by atoms with Crippen molar-refractivity contribution >= 4 is 5.97 Å². The molecule has 0 saturated carbocycles. The molecule has 0 bridgehead atoms. The third-order valence-corrected chi connectivity index (χ3v) is 8.36. The highest BCUT2D eigenvalue weighted by atomic mass is 16.4. The Bertz CT molecular complexity index is 732. The van der Waals surface area contributed by atoms with Gasteiger partial charge in [-0.25, -0.2) is 9.13 Å². The second kappa shape index (κ2) is 24.2. The van der Waals surface area contributed by atoms with E-state index < -0.39 is 5.97 Å². The van der Waals surface area contributed by atoms with Gasteiger partial charge in [-0.3, -0.25) is 0 Å². The number of aryl methyl sites for hydroxylation is 1. The number of rotatable bonds is 24. The van der Waals surface area contributed by atoms with Gasteiger partial charge in [0, 0.05) is 5.97 Å². The second-order valence-corrected chi connectivity index (χ2v) is 14.5. The summed E-state index contributed by atoms with van der Waals surface area (Å²) in [6, 6.07) is 0. The molecule has 1 rings (SSSR count). The molecule has 1 heterocycles. The predicted octanol–water partition coefficient (Wildman–Crippen LogP) is 10.2. The number of aliphatic carboxylic acids is 1. The number of nitrogens with zero attached hydrogens (tertiary/aromatic N) is 2. The molecule has 4 heteroatoms. The number of hydrogen-bond donors (Lipinski definition) is 0. The summed E-state index contributed by atoms with van der Waals surface area (Å²) >= 11 is 0. The van der Waals surface area contributed by atoms with E-state index in [1.807, 2.05) is 6.92 Å². The highest BCUT2D eigenvalue weighted by Crippen LogP contribution is 2.28. The maximum absolute atomic E-state index is 10.3. The number of hydrogen-bond acceptors (Lipinski definition) is 2. The van der Waals surface area contributed by atoms with Crippen LogP contribution >= 0.6 is 0 Å². The molecule has 0 fully saturated rings. The molecule has 41 heavy (non-hydrogen) atoms. The van der Waals surface area contributed by atoms with Crippen molar-refractivity contribution < 1.29 is 14.5 Å². The Hall–Kier alpha value is -1.32. The Kier molecular flexibility index (Phi) is 23.4. The van der Waals surface area contributed by atoms with Crippen molar-refractivity contribution in [1.29, 1.82) is 0 Å². The monoisotopic (exact) mass is 577 g/mol. The molecule has 1 atom stereocenters. The molecule has 1 aromatic rings. The van der Waals surface area contributed by atoms with E-state index in [2.05, 4.69) is 76.3 Å². The molecule has 0 aliphatic carbocycles. The first kappa shape index (κ1) is 39.7. The number of aromatic nitrogens is 2. The zero-order chi connectivity index (χ0) is 31.0. The first-order valence-electron chi connectivity index (χ1n) is 17.7. The van der Waals surface area contributed by atoms with Gasteiger partial charge in [-0.15, -0.1) is 0 Å². The summed E-state index contributed by atoms with van der Waals surface area (Å²) in [7, 11) is 0. The standard InChI is InChI=1S/C29H57N2.C8H16O2/c1-7-8-9-10-11-12-13-14-15-16-17-18-19-20-21-22-23-30-24-25-31(27-30)29(5,6)26-28(2,3)4;1-3-5-6-7(4-2)8(9)10/h24-25,27H,7-23,26H2,1-6H3;7H,3-6H2,1-2H3,(H,9,10)/q+1;/p-1. The SMILES string of the molecule is CCCCC(CC)C(=O)[O-].CCCCCCCCCCCCCCCCCCn1cc[n+](C(C)(C)CC(C)(C)C)c1. The van der Waals surface area contributed by atoms with Crippen LogP contribution in [0, 0.1) is 11.3 Å². The van der Waals surface area contributed by atoms with E-state index in [-0.39, 0.29) is 11.5 Å². The summed E-state index contributed by atoms with van der Waals surface area (Å²) in [5.74, 6) is -1.11. The molecule has 0 aromatic carbocycles. The van der Waals surface area contributed by atoms with E-state index in [0.717, 1.165) is 25.8 Å². The van der Waals surface area contributed by atoms with Gasteiger partial charge in [-0.1, -0.05) is 144 Å². The van der Waals surface area contributed by atoms with Crippen LogP contribution in [0.25, 0.3) is 0 Å². The fraction of sp³-hybridized carbons (Fsp3) is 0.892. The number of carbonyl (C=O) groups is 1. The lowest BCUT2D eigenvalue weighted by molar-refractivity contribution is -0.759. The van der Waals surface area contributed by atoms with Crippen LogP contribution in [0.15, 0.2) is 18.7 Å². The minimum Gasteiger partial charge on any atom is -0.550 e. The van der Waals surface area contributed by atoms with Crippen molar-refractivity contribution in [1.82, 2.24) is 4.57 Å². The Morgan fingerprint density at radius 3 is 1.54 bits per heavy atom. The van der Waals surface area contributed by atoms with Gasteiger partial charge in [0.05, 0.1) is 6.54 Å². The van der Waals surface area contributed by atoms with Crippen molar-refractivity contribution in [3.8, 4) is 0 Å². The Morgan fingerprint density at radius 1 is 0.707 bits per heavy atom. The van der Waals surface area contributed by atoms with E-state index in [4.69, 9.17) is 0 Å². The van der Waals surface area contributed by atoms with Gasteiger partial charge in [-0.2, -0.15) is 0 Å². The zero-order valence-corrected chi connectivity index (χ0v) is 29.1. The minimum atomic E-state index is -0.893. The van der Waals surface area contributed by atoms with Crippen LogP contribution in [0.3, 0.4) is 0 Å². The Balaban J connectivity index is 0.00000136. The molecular weight excluding hydrogens is 504 g/mol. The lowest BCUT2D eigenvalue weighted by Crippen LogP contribution is -2.52. The lowest BCUT2D eigenvalue weighted by atomic mass is 9.82. The predicted molar refractivity (Wildman–Crippen MR) is 176 cm³/mol. The van der Waals surface area contributed by atoms with Crippen molar-refractivity contribution in [2.75, 3.05) is 0 Å². The number of imidazole rings is 1. The lowest BCUT2D eigenvalue weighted by Gasteiger charge is -2.29. The van der Waals surface area contributed by atoms with Crippen LogP contribution in [0.1, 0.15) is 190 Å². The average Bonchev–Trinajstić information content (AvgIpc) is 3.38. The smallest absolute Gasteiger partial charge is 0.244 e. The summed E-state index contributed by atoms with van der Waals surface area (Å²) in [4.78, 5) is 10.3. The summed E-state index contributed by atoms with van der Waals surface area (Å²) in [6.45, 7) is 19.1. The van der Waals surface area contributed by atoms with Gasteiger partial charge in [0.15, 0.2) is 0 Å². The number of unbranched alkanes of at least 4 members (excludes halogenated alkanes) is 16. The Labute approximate surface area is 257 Å². The van der Waals surface area contributed by atoms with Crippen LogP contribution in [0.5, 0.6) is 0 Å². The molecule has 0 aliphatic heterocycles. The summed E-state index contributed by atoms with van der Waals surface area (Å²) < 4.78 is 4.79. The number of carboxylic acid groups (broad SMARTS) is 1. The van der Waals surface area contributed by atoms with Gasteiger partial charge < -0.3 is 9.90 Å². The summed E-state index contributed by atoms with van der Waals surface area (Å²) in [6.07, 6.45) is 34.5. The number of carboxylic acids is 1. The van der Waals surface area contributed by atoms with Crippen molar-refractivity contribution in [2.24, 2.45) is 11.3 Å². The third-order valence-electron chi connectivity index (χ3n) is 8.36. The molecule has 0 N–H and O–H groups in total. The molecule has 0 aliphatic rings. The maximum atomic E-state index is 10.3. The molecule has 0 saturated heterocycles. The van der Waals surface area contributed by atoms with Crippen LogP contribution in [-0.4, -0.2) is 10.5 Å². The average molecular weight is 577 g/mol. The molecule has 0 radical (unpaired) electrons. The van der Waals surface area contributed by atoms with Crippen molar-refractivity contribution in [3.63, 3.8) is 0 Å². The Morgan fingerprint density at radius 2 is 1.15 bits per heavy atom. The normalized spacial score (nSPS) is 12.7. The highest BCUT2D eigenvalue weighted by molar-refractivity contribution is 5.67. The van der Waals surface area contributed by atoms with E-state index in [9.17, 15) is 9.90 Å². The van der Waals surface area contributed by atoms with E-state index in [1.165, 1.54) is 109 Å². The van der Waals surface area contributed by atoms with Gasteiger partial charge in [0.25, 0.3) is 0 Å². The molecule has 0 amide bonds. The second-order valence-electron chi connectivity index (χ2n) is 14.5. The first-order valence-corrected chi connectivity index (χ1v) is 17.7. The fourth-order valence-electron chi connectivity index (χ4n) is 6.06. The van der Waals surface area contributed by atoms with Crippen molar-refractivity contribution in [2.45, 2.75) is 202 Å². The molecule has 4 nitrogen and oxygen atoms in total. The van der Waals surface area contributed by atoms with Gasteiger partial charge >= 0.3 is 0 Å². The van der Waals surface area contributed by atoms with Crippen molar-refractivity contribution in [3.05, 3.63) is 18.7 Å². The maximum Gasteiger partial charge on any atom is 0.244 e. The van der Waals surface area contributed by atoms with Crippen LogP contribution < -0.4 is 9.67 Å². The van der Waals surface area contributed by atoms with E-state index in [1.54, 1.807) is 0 Å². The van der Waals surface area contributed by atoms with Crippen LogP contribution in [0.2, 0.25) is 0 Å². The molecule has 0 spiro atoms. The number of carbonyl (C=O) groups excluding carboxylic acids is 1. The molecule has 242 valence electrons. The third kappa shape index (κ3) is 22.9. The van der Waals surface area contributed by atoms with E-state index >= 15 is 0 Å².